The molecule has 13 heteroatoms. The van der Waals surface area contributed by atoms with Crippen LogP contribution in [0.15, 0.2) is 4.99 Å². The van der Waals surface area contributed by atoms with Crippen molar-refractivity contribution in [3.8, 4) is 0 Å². The predicted octanol–water partition coefficient (Wildman–Crippen LogP) is -3.51. The molecule has 0 aromatic heterocycles. The molecular formula is C17H37N5O8. The van der Waals surface area contributed by atoms with Gasteiger partial charge in [-0.3, -0.25) is 14.6 Å². The molecular weight excluding hydrogens is 402 g/mol. The zero-order chi connectivity index (χ0) is 24.5. The topological polar surface area (TPSA) is 246 Å². The van der Waals surface area contributed by atoms with Crippen molar-refractivity contribution in [3.63, 3.8) is 0 Å². The summed E-state index contributed by atoms with van der Waals surface area (Å²) in [6.45, 7) is 2.28. The second-order valence-corrected chi connectivity index (χ2v) is 7.54. The van der Waals surface area contributed by atoms with Crippen LogP contribution in [0.3, 0.4) is 0 Å². The summed E-state index contributed by atoms with van der Waals surface area (Å²) in [5, 5.41) is 43.8. The lowest BCUT2D eigenvalue weighted by Gasteiger charge is -2.26. The van der Waals surface area contributed by atoms with Gasteiger partial charge in [-0.1, -0.05) is 0 Å². The summed E-state index contributed by atoms with van der Waals surface area (Å²) < 4.78 is 0.550. The van der Waals surface area contributed by atoms with Crippen molar-refractivity contribution in [2.75, 3.05) is 34.2 Å². The molecule has 0 bridgehead atoms. The van der Waals surface area contributed by atoms with Crippen LogP contribution >= 0.6 is 0 Å². The monoisotopic (exact) mass is 439 g/mol. The Morgan fingerprint density at radius 3 is 1.83 bits per heavy atom. The number of likely N-dealkylation sites (N-methyl/N-ethyl adjacent to an activating group) is 1. The van der Waals surface area contributed by atoms with Crippen LogP contribution in [-0.4, -0.2) is 101 Å². The predicted molar refractivity (Wildman–Crippen MR) is 108 cm³/mol. The third-order valence-electron chi connectivity index (χ3n) is 2.92. The number of nitrogens with zero attached hydrogens (tertiary/aromatic N) is 2. The molecule has 0 heterocycles. The van der Waals surface area contributed by atoms with Crippen molar-refractivity contribution in [3.05, 3.63) is 0 Å². The molecule has 0 saturated carbocycles. The van der Waals surface area contributed by atoms with Crippen LogP contribution in [0.1, 0.15) is 32.6 Å². The lowest BCUT2D eigenvalue weighted by molar-refractivity contribution is -0.873. The van der Waals surface area contributed by atoms with Crippen LogP contribution in [0.2, 0.25) is 0 Å². The summed E-state index contributed by atoms with van der Waals surface area (Å²) in [5.74, 6) is -3.15. The Hall–Kier alpha value is -2.48. The molecule has 3 atom stereocenters. The summed E-state index contributed by atoms with van der Waals surface area (Å²) in [6, 6.07) is -0.820. The minimum Gasteiger partial charge on any atom is -0.550 e. The van der Waals surface area contributed by atoms with Crippen molar-refractivity contribution in [1.29, 1.82) is 0 Å². The highest BCUT2D eigenvalue weighted by atomic mass is 16.4. The molecule has 0 rings (SSSR count). The van der Waals surface area contributed by atoms with Gasteiger partial charge in [0.05, 0.1) is 33.7 Å². The molecule has 0 fully saturated rings. The number of guanidine groups is 1. The maximum Gasteiger partial charge on any atom is 0.320 e. The summed E-state index contributed by atoms with van der Waals surface area (Å²) in [6.07, 6.45) is -1.02. The number of rotatable bonds is 11. The average Bonchev–Trinajstić information content (AvgIpc) is 2.48. The Labute approximate surface area is 176 Å². The van der Waals surface area contributed by atoms with E-state index in [2.05, 4.69) is 4.99 Å². The molecule has 0 aromatic rings. The third-order valence-corrected chi connectivity index (χ3v) is 2.92. The third kappa shape index (κ3) is 33.1. The smallest absolute Gasteiger partial charge is 0.320 e. The van der Waals surface area contributed by atoms with E-state index in [9.17, 15) is 19.5 Å². The van der Waals surface area contributed by atoms with Crippen LogP contribution < -0.4 is 22.3 Å². The fraction of sp³-hybridized carbons (Fsp3) is 0.765. The van der Waals surface area contributed by atoms with Gasteiger partial charge in [-0.15, -0.1) is 0 Å². The number of carboxylic acids is 3. The number of nitrogens with two attached hydrogens (primary N) is 3. The van der Waals surface area contributed by atoms with Gasteiger partial charge in [0.1, 0.15) is 18.7 Å². The summed E-state index contributed by atoms with van der Waals surface area (Å²) >= 11 is 0. The standard InChI is InChI=1S/C7H15NO3.C6H14N4O2.C4H8O3/c1-8(2,3)5-6(9)4-7(10)11;7-4(5(11)12)2-1-3-10-6(8)9;1-3(5)2-4(6)7/h6,9H,4-5H2,1-3H3;4H,1-3,7H2,(H,11,12)(H4,8,9,10);3,5H,2H2,1H3,(H,6,7). The maximum absolute atomic E-state index is 10.2. The number of hydrogen-bond acceptors (Lipinski definition) is 8. The maximum atomic E-state index is 10.2. The first-order valence-electron chi connectivity index (χ1n) is 9.09. The van der Waals surface area contributed by atoms with E-state index < -0.39 is 36.2 Å². The van der Waals surface area contributed by atoms with E-state index >= 15 is 0 Å². The van der Waals surface area contributed by atoms with Crippen LogP contribution in [0, 0.1) is 0 Å². The number of aliphatic hydroxyl groups excluding tert-OH is 2. The van der Waals surface area contributed by atoms with Crippen molar-refractivity contribution in [2.45, 2.75) is 50.9 Å². The van der Waals surface area contributed by atoms with E-state index in [4.69, 9.17) is 37.6 Å². The van der Waals surface area contributed by atoms with Gasteiger partial charge >= 0.3 is 11.9 Å². The fourth-order valence-electron chi connectivity index (χ4n) is 1.78. The van der Waals surface area contributed by atoms with E-state index in [0.29, 0.717) is 30.4 Å². The Balaban J connectivity index is -0.000000378. The van der Waals surface area contributed by atoms with Gasteiger partial charge in [-0.05, 0) is 19.8 Å². The molecule has 0 amide bonds. The first kappa shape index (κ1) is 32.2. The van der Waals surface area contributed by atoms with Gasteiger partial charge in [0.2, 0.25) is 0 Å². The van der Waals surface area contributed by atoms with E-state index in [0.717, 1.165) is 0 Å². The van der Waals surface area contributed by atoms with Crippen LogP contribution in [0.4, 0.5) is 0 Å². The van der Waals surface area contributed by atoms with Gasteiger partial charge in [0.15, 0.2) is 5.96 Å². The quantitative estimate of drug-likeness (QED) is 0.0719. The van der Waals surface area contributed by atoms with Crippen molar-refractivity contribution >= 4 is 23.9 Å². The largest absolute Gasteiger partial charge is 0.550 e. The molecule has 10 N–H and O–H groups in total. The second kappa shape index (κ2) is 17.4. The van der Waals surface area contributed by atoms with E-state index in [-0.39, 0.29) is 18.8 Å². The SMILES string of the molecule is CC(O)CC(=O)O.C[N+](C)(C)CC(O)CC(=O)[O-].NC(N)=NCCCC(N)C(=O)O. The van der Waals surface area contributed by atoms with E-state index in [1.54, 1.807) is 0 Å². The molecule has 13 nitrogen and oxygen atoms in total. The van der Waals surface area contributed by atoms with Crippen LogP contribution in [0.5, 0.6) is 0 Å². The Bertz CT molecular complexity index is 531. The van der Waals surface area contributed by atoms with Gasteiger partial charge in [0.25, 0.3) is 0 Å². The van der Waals surface area contributed by atoms with Gasteiger partial charge in [-0.2, -0.15) is 0 Å². The van der Waals surface area contributed by atoms with E-state index in [1.807, 2.05) is 21.1 Å². The molecule has 0 spiro atoms. The number of aliphatic carboxylic acids is 3. The van der Waals surface area contributed by atoms with Crippen molar-refractivity contribution < 1.29 is 44.4 Å². The van der Waals surface area contributed by atoms with Gasteiger partial charge in [-0.25, -0.2) is 0 Å². The van der Waals surface area contributed by atoms with E-state index in [1.165, 1.54) is 6.92 Å². The summed E-state index contributed by atoms with van der Waals surface area (Å²) in [7, 11) is 5.66. The molecule has 0 aliphatic carbocycles. The number of carbonyl (C=O) groups excluding carboxylic acids is 1. The Morgan fingerprint density at radius 2 is 1.57 bits per heavy atom. The van der Waals surface area contributed by atoms with Gasteiger partial charge in [0, 0.05) is 18.9 Å². The van der Waals surface area contributed by atoms with Crippen molar-refractivity contribution in [2.24, 2.45) is 22.2 Å². The number of carbonyl (C=O) groups is 3. The highest BCUT2D eigenvalue weighted by Gasteiger charge is 2.14. The summed E-state index contributed by atoms with van der Waals surface area (Å²) in [5.41, 5.74) is 15.3. The normalized spacial score (nSPS) is 13.3. The lowest BCUT2D eigenvalue weighted by atomic mass is 10.2. The Kier molecular flexibility index (Phi) is 18.7. The lowest BCUT2D eigenvalue weighted by Crippen LogP contribution is -2.43. The first-order valence-corrected chi connectivity index (χ1v) is 9.09. The first-order chi connectivity index (χ1) is 13.5. The molecule has 0 aliphatic heterocycles. The number of aliphatic hydroxyl groups is 2. The minimum absolute atomic E-state index is 0.0129. The zero-order valence-electron chi connectivity index (χ0n) is 18.0. The molecule has 0 radical (unpaired) electrons. The second-order valence-electron chi connectivity index (χ2n) is 7.54. The highest BCUT2D eigenvalue weighted by Crippen LogP contribution is 1.97. The number of aliphatic imine (C=N–C) groups is 1. The molecule has 178 valence electrons. The average molecular weight is 440 g/mol. The zero-order valence-corrected chi connectivity index (χ0v) is 18.0. The minimum atomic E-state index is -1.20. The van der Waals surface area contributed by atoms with Crippen molar-refractivity contribution in [1.82, 2.24) is 0 Å². The Morgan fingerprint density at radius 1 is 1.07 bits per heavy atom. The number of quaternary nitrogens is 1. The fourth-order valence-corrected chi connectivity index (χ4v) is 1.78. The van der Waals surface area contributed by atoms with Crippen LogP contribution in [-0.2, 0) is 14.4 Å². The molecule has 0 saturated heterocycles. The molecule has 0 aromatic carbocycles. The molecule has 3 unspecified atom stereocenters. The molecule has 0 aliphatic rings. The van der Waals surface area contributed by atoms with Gasteiger partial charge < -0.3 is 52.0 Å². The van der Waals surface area contributed by atoms with Crippen LogP contribution in [0.25, 0.3) is 0 Å². The number of carboxylic acid groups (broad SMARTS) is 3. The molecule has 30 heavy (non-hydrogen) atoms. The highest BCUT2D eigenvalue weighted by molar-refractivity contribution is 5.75. The summed E-state index contributed by atoms with van der Waals surface area (Å²) in [4.78, 5) is 33.6. The number of hydrogen-bond donors (Lipinski definition) is 7.